The van der Waals surface area contributed by atoms with Crippen molar-refractivity contribution in [2.24, 2.45) is 17.8 Å². The number of hydrogen-bond donors (Lipinski definition) is 2. The lowest BCUT2D eigenvalue weighted by Crippen LogP contribution is -2.43. The maximum Gasteiger partial charge on any atom is 0.0610 e. The Morgan fingerprint density at radius 3 is 2.57 bits per heavy atom. The maximum absolute atomic E-state index is 9.38. The van der Waals surface area contributed by atoms with Crippen molar-refractivity contribution in [3.63, 3.8) is 0 Å². The van der Waals surface area contributed by atoms with Gasteiger partial charge in [-0.15, -0.1) is 0 Å². The monoisotopic (exact) mass is 299 g/mol. The summed E-state index contributed by atoms with van der Waals surface area (Å²) in [5.41, 5.74) is -0.139. The van der Waals surface area contributed by atoms with Gasteiger partial charge in [-0.25, -0.2) is 0 Å². The summed E-state index contributed by atoms with van der Waals surface area (Å²) in [5.74, 6) is 2.28. The fourth-order valence-electron chi connectivity index (χ4n) is 3.44. The third kappa shape index (κ3) is 6.25. The van der Waals surface area contributed by atoms with Crippen LogP contribution in [-0.4, -0.2) is 37.0 Å². The molecule has 3 nitrogen and oxygen atoms in total. The minimum atomic E-state index is -0.139. The van der Waals surface area contributed by atoms with E-state index in [4.69, 9.17) is 4.74 Å². The summed E-state index contributed by atoms with van der Waals surface area (Å²) in [6.07, 6.45) is 7.57. The maximum atomic E-state index is 9.38. The second-order valence-electron chi connectivity index (χ2n) is 7.66. The van der Waals surface area contributed by atoms with Crippen molar-refractivity contribution in [2.75, 3.05) is 20.3 Å². The lowest BCUT2D eigenvalue weighted by atomic mass is 9.75. The zero-order chi connectivity index (χ0) is 15.9. The molecule has 126 valence electrons. The lowest BCUT2D eigenvalue weighted by Gasteiger charge is -2.37. The SMILES string of the molecule is CNC(C)(CO)CCCCOC1CC(C)CCC1C(C)C. The molecule has 0 amide bonds. The van der Waals surface area contributed by atoms with E-state index < -0.39 is 0 Å². The number of hydrogen-bond acceptors (Lipinski definition) is 3. The fourth-order valence-corrected chi connectivity index (χ4v) is 3.44. The molecule has 0 spiro atoms. The first-order valence-electron chi connectivity index (χ1n) is 8.83. The summed E-state index contributed by atoms with van der Waals surface area (Å²) in [4.78, 5) is 0. The summed E-state index contributed by atoms with van der Waals surface area (Å²) < 4.78 is 6.23. The third-order valence-electron chi connectivity index (χ3n) is 5.37. The zero-order valence-electron chi connectivity index (χ0n) is 14.8. The molecule has 3 heteroatoms. The molecular formula is C18H37NO2. The van der Waals surface area contributed by atoms with Gasteiger partial charge in [0.25, 0.3) is 0 Å². The zero-order valence-corrected chi connectivity index (χ0v) is 14.8. The molecule has 4 unspecified atom stereocenters. The van der Waals surface area contributed by atoms with Crippen molar-refractivity contribution >= 4 is 0 Å². The Balaban J connectivity index is 2.26. The van der Waals surface area contributed by atoms with Crippen LogP contribution in [-0.2, 0) is 4.74 Å². The van der Waals surface area contributed by atoms with Crippen molar-refractivity contribution in [1.82, 2.24) is 5.32 Å². The molecule has 0 saturated heterocycles. The van der Waals surface area contributed by atoms with Crippen LogP contribution < -0.4 is 5.32 Å². The van der Waals surface area contributed by atoms with Gasteiger partial charge in [0.1, 0.15) is 0 Å². The Hall–Kier alpha value is -0.120. The van der Waals surface area contributed by atoms with E-state index in [1.165, 1.54) is 19.3 Å². The molecule has 1 fully saturated rings. The topological polar surface area (TPSA) is 41.5 Å². The van der Waals surface area contributed by atoms with Crippen LogP contribution in [0.25, 0.3) is 0 Å². The molecule has 1 rings (SSSR count). The Morgan fingerprint density at radius 1 is 1.29 bits per heavy atom. The van der Waals surface area contributed by atoms with Crippen molar-refractivity contribution in [2.45, 2.75) is 77.9 Å². The van der Waals surface area contributed by atoms with Crippen molar-refractivity contribution < 1.29 is 9.84 Å². The van der Waals surface area contributed by atoms with Crippen LogP contribution >= 0.6 is 0 Å². The average molecular weight is 299 g/mol. The van der Waals surface area contributed by atoms with Crippen LogP contribution in [0.15, 0.2) is 0 Å². The van der Waals surface area contributed by atoms with Gasteiger partial charge in [-0.05, 0) is 63.8 Å². The minimum absolute atomic E-state index is 0.139. The second-order valence-corrected chi connectivity index (χ2v) is 7.66. The first kappa shape index (κ1) is 18.9. The normalized spacial score (nSPS) is 29.6. The summed E-state index contributed by atoms with van der Waals surface area (Å²) in [5, 5.41) is 12.6. The Bertz CT molecular complexity index is 276. The molecule has 1 aliphatic carbocycles. The third-order valence-corrected chi connectivity index (χ3v) is 5.37. The molecule has 21 heavy (non-hydrogen) atoms. The van der Waals surface area contributed by atoms with Crippen LogP contribution in [0.2, 0.25) is 0 Å². The van der Waals surface area contributed by atoms with Crippen LogP contribution in [0, 0.1) is 17.8 Å². The van der Waals surface area contributed by atoms with Gasteiger partial charge < -0.3 is 15.2 Å². The van der Waals surface area contributed by atoms with Crippen LogP contribution in [0.3, 0.4) is 0 Å². The number of unbranched alkanes of at least 4 members (excludes halogenated alkanes) is 1. The minimum Gasteiger partial charge on any atom is -0.394 e. The van der Waals surface area contributed by atoms with Crippen LogP contribution in [0.4, 0.5) is 0 Å². The van der Waals surface area contributed by atoms with Gasteiger partial charge in [-0.3, -0.25) is 0 Å². The molecule has 0 aliphatic heterocycles. The highest BCUT2D eigenvalue weighted by Crippen LogP contribution is 2.35. The van der Waals surface area contributed by atoms with E-state index in [0.717, 1.165) is 43.6 Å². The molecule has 0 radical (unpaired) electrons. The first-order valence-corrected chi connectivity index (χ1v) is 8.83. The highest BCUT2D eigenvalue weighted by atomic mass is 16.5. The van der Waals surface area contributed by atoms with Gasteiger partial charge in [0.2, 0.25) is 0 Å². The number of nitrogens with one attached hydrogen (secondary N) is 1. The predicted molar refractivity (Wildman–Crippen MR) is 89.5 cm³/mol. The standard InChI is InChI=1S/C18H37NO2/c1-14(2)16-9-8-15(3)12-17(16)21-11-7-6-10-18(4,13-20)19-5/h14-17,19-20H,6-13H2,1-5H3. The highest BCUT2D eigenvalue weighted by Gasteiger charge is 2.31. The molecule has 0 aromatic rings. The van der Waals surface area contributed by atoms with Gasteiger partial charge in [0.05, 0.1) is 12.7 Å². The Labute approximate surface area is 131 Å². The molecular weight excluding hydrogens is 262 g/mol. The van der Waals surface area contributed by atoms with Gasteiger partial charge >= 0.3 is 0 Å². The number of rotatable bonds is 9. The summed E-state index contributed by atoms with van der Waals surface area (Å²) in [6, 6.07) is 0. The molecule has 1 aliphatic rings. The smallest absolute Gasteiger partial charge is 0.0610 e. The molecule has 0 heterocycles. The van der Waals surface area contributed by atoms with Crippen molar-refractivity contribution in [3.8, 4) is 0 Å². The molecule has 1 saturated carbocycles. The van der Waals surface area contributed by atoms with E-state index in [2.05, 4.69) is 33.0 Å². The van der Waals surface area contributed by atoms with E-state index in [1.807, 2.05) is 7.05 Å². The number of ether oxygens (including phenoxy) is 1. The van der Waals surface area contributed by atoms with Gasteiger partial charge in [-0.2, -0.15) is 0 Å². The van der Waals surface area contributed by atoms with E-state index in [-0.39, 0.29) is 12.1 Å². The number of aliphatic hydroxyl groups excluding tert-OH is 1. The average Bonchev–Trinajstić information content (AvgIpc) is 2.46. The Kier molecular flexibility index (Phi) is 8.22. The Morgan fingerprint density at radius 2 is 2.00 bits per heavy atom. The highest BCUT2D eigenvalue weighted by molar-refractivity contribution is 4.82. The first-order chi connectivity index (χ1) is 9.91. The van der Waals surface area contributed by atoms with Gasteiger partial charge in [0, 0.05) is 12.1 Å². The largest absolute Gasteiger partial charge is 0.394 e. The van der Waals surface area contributed by atoms with E-state index in [9.17, 15) is 5.11 Å². The molecule has 0 aromatic carbocycles. The fraction of sp³-hybridized carbons (Fsp3) is 1.00. The quantitative estimate of drug-likeness (QED) is 0.639. The predicted octanol–water partition coefficient (Wildman–Crippen LogP) is 3.60. The molecule has 0 bridgehead atoms. The van der Waals surface area contributed by atoms with Crippen LogP contribution in [0.5, 0.6) is 0 Å². The molecule has 2 N–H and O–H groups in total. The number of likely N-dealkylation sites (N-methyl/N-ethyl adjacent to an activating group) is 1. The summed E-state index contributed by atoms with van der Waals surface area (Å²) >= 11 is 0. The van der Waals surface area contributed by atoms with Crippen molar-refractivity contribution in [3.05, 3.63) is 0 Å². The summed E-state index contributed by atoms with van der Waals surface area (Å²) in [7, 11) is 1.92. The van der Waals surface area contributed by atoms with Gasteiger partial charge in [0.15, 0.2) is 0 Å². The lowest BCUT2D eigenvalue weighted by molar-refractivity contribution is -0.0398. The van der Waals surface area contributed by atoms with E-state index in [1.54, 1.807) is 0 Å². The van der Waals surface area contributed by atoms with E-state index >= 15 is 0 Å². The van der Waals surface area contributed by atoms with E-state index in [0.29, 0.717) is 6.10 Å². The van der Waals surface area contributed by atoms with Gasteiger partial charge in [-0.1, -0.05) is 27.2 Å². The molecule has 4 atom stereocenters. The van der Waals surface area contributed by atoms with Crippen LogP contribution in [0.1, 0.15) is 66.2 Å². The second kappa shape index (κ2) is 9.12. The summed E-state index contributed by atoms with van der Waals surface area (Å²) in [6.45, 7) is 10.1. The number of aliphatic hydroxyl groups is 1. The molecule has 0 aromatic heterocycles. The van der Waals surface area contributed by atoms with Crippen molar-refractivity contribution in [1.29, 1.82) is 0 Å².